The molecule has 1 saturated heterocycles. The molecular formula is C12H16FNO2. The van der Waals surface area contributed by atoms with Crippen molar-refractivity contribution in [1.29, 1.82) is 0 Å². The Kier molecular flexibility index (Phi) is 3.41. The number of hydrogen-bond acceptors (Lipinski definition) is 3. The van der Waals surface area contributed by atoms with E-state index in [9.17, 15) is 9.50 Å². The van der Waals surface area contributed by atoms with E-state index in [2.05, 4.69) is 5.32 Å². The van der Waals surface area contributed by atoms with Crippen molar-refractivity contribution < 1.29 is 14.2 Å². The van der Waals surface area contributed by atoms with Gasteiger partial charge in [0.15, 0.2) is 11.6 Å². The highest BCUT2D eigenvalue weighted by Crippen LogP contribution is 2.32. The predicted molar refractivity (Wildman–Crippen MR) is 58.9 cm³/mol. The molecule has 0 aliphatic carbocycles. The van der Waals surface area contributed by atoms with Crippen LogP contribution in [0.3, 0.4) is 0 Å². The summed E-state index contributed by atoms with van der Waals surface area (Å²) in [4.78, 5) is 0. The van der Waals surface area contributed by atoms with E-state index < -0.39 is 6.10 Å². The molecule has 0 amide bonds. The van der Waals surface area contributed by atoms with Crippen molar-refractivity contribution in [2.75, 3.05) is 13.7 Å². The van der Waals surface area contributed by atoms with E-state index in [1.165, 1.54) is 13.2 Å². The second-order valence-corrected chi connectivity index (χ2v) is 4.00. The molecule has 1 fully saturated rings. The van der Waals surface area contributed by atoms with Gasteiger partial charge in [0.25, 0.3) is 0 Å². The Morgan fingerprint density at radius 1 is 1.50 bits per heavy atom. The van der Waals surface area contributed by atoms with Crippen LogP contribution in [0.5, 0.6) is 5.75 Å². The van der Waals surface area contributed by atoms with Crippen molar-refractivity contribution in [1.82, 2.24) is 5.32 Å². The first-order valence-corrected chi connectivity index (χ1v) is 5.48. The summed E-state index contributed by atoms with van der Waals surface area (Å²) in [5.41, 5.74) is 0.690. The largest absolute Gasteiger partial charge is 0.493 e. The number of hydrogen-bond donors (Lipinski definition) is 2. The van der Waals surface area contributed by atoms with Crippen molar-refractivity contribution >= 4 is 0 Å². The van der Waals surface area contributed by atoms with Crippen LogP contribution in [0.4, 0.5) is 4.39 Å². The zero-order valence-electron chi connectivity index (χ0n) is 9.24. The third-order valence-corrected chi connectivity index (χ3v) is 2.96. The molecule has 16 heavy (non-hydrogen) atoms. The number of para-hydroxylation sites is 1. The molecule has 1 aliphatic heterocycles. The molecular weight excluding hydrogens is 209 g/mol. The monoisotopic (exact) mass is 225 g/mol. The van der Waals surface area contributed by atoms with E-state index in [1.54, 1.807) is 12.1 Å². The van der Waals surface area contributed by atoms with E-state index in [1.807, 2.05) is 0 Å². The van der Waals surface area contributed by atoms with Crippen LogP contribution in [0.25, 0.3) is 0 Å². The van der Waals surface area contributed by atoms with Crippen LogP contribution in [-0.2, 0) is 0 Å². The first-order chi connectivity index (χ1) is 7.74. The Bertz CT molecular complexity index is 370. The van der Waals surface area contributed by atoms with Crippen LogP contribution < -0.4 is 10.1 Å². The molecule has 0 spiro atoms. The van der Waals surface area contributed by atoms with Crippen LogP contribution >= 0.6 is 0 Å². The molecule has 1 heterocycles. The number of benzene rings is 1. The number of methoxy groups -OCH3 is 1. The summed E-state index contributed by atoms with van der Waals surface area (Å²) in [5, 5.41) is 13.1. The fourth-order valence-corrected chi connectivity index (χ4v) is 2.17. The molecule has 1 aliphatic rings. The normalized spacial score (nSPS) is 25.4. The van der Waals surface area contributed by atoms with E-state index in [4.69, 9.17) is 4.74 Å². The minimum atomic E-state index is -0.482. The van der Waals surface area contributed by atoms with Crippen LogP contribution in [0.15, 0.2) is 18.2 Å². The Labute approximate surface area is 94.2 Å². The summed E-state index contributed by atoms with van der Waals surface area (Å²) in [6.45, 7) is 0.835. The maximum atomic E-state index is 13.5. The third kappa shape index (κ3) is 2.03. The lowest BCUT2D eigenvalue weighted by Crippen LogP contribution is -2.37. The topological polar surface area (TPSA) is 41.5 Å². The SMILES string of the molecule is COc1c(F)cccc1C1NCCCC1O. The molecule has 88 valence electrons. The molecule has 2 N–H and O–H groups in total. The predicted octanol–water partition coefficient (Wildman–Crippen LogP) is 1.62. The number of halogens is 1. The summed E-state index contributed by atoms with van der Waals surface area (Å²) in [7, 11) is 1.44. The first kappa shape index (κ1) is 11.4. The molecule has 0 radical (unpaired) electrons. The summed E-state index contributed by atoms with van der Waals surface area (Å²) in [6.07, 6.45) is 1.19. The van der Waals surface area contributed by atoms with E-state index >= 15 is 0 Å². The second-order valence-electron chi connectivity index (χ2n) is 4.00. The van der Waals surface area contributed by atoms with Gasteiger partial charge in [0.05, 0.1) is 19.3 Å². The Hall–Kier alpha value is -1.13. The second kappa shape index (κ2) is 4.80. The summed E-state index contributed by atoms with van der Waals surface area (Å²) in [5.74, 6) is -0.166. The number of piperidine rings is 1. The van der Waals surface area contributed by atoms with Gasteiger partial charge in [0, 0.05) is 5.56 Å². The Morgan fingerprint density at radius 3 is 3.00 bits per heavy atom. The molecule has 0 bridgehead atoms. The number of rotatable bonds is 2. The molecule has 2 atom stereocenters. The highest BCUT2D eigenvalue weighted by molar-refractivity contribution is 5.38. The van der Waals surface area contributed by atoms with Crippen LogP contribution in [0.1, 0.15) is 24.4 Å². The van der Waals surface area contributed by atoms with Crippen LogP contribution in [-0.4, -0.2) is 24.9 Å². The van der Waals surface area contributed by atoms with Gasteiger partial charge >= 0.3 is 0 Å². The summed E-state index contributed by atoms with van der Waals surface area (Å²) < 4.78 is 18.5. The molecule has 1 aromatic rings. The minimum Gasteiger partial charge on any atom is -0.493 e. The van der Waals surface area contributed by atoms with Gasteiger partial charge in [-0.1, -0.05) is 12.1 Å². The van der Waals surface area contributed by atoms with E-state index in [-0.39, 0.29) is 17.6 Å². The van der Waals surface area contributed by atoms with Gasteiger partial charge in [-0.05, 0) is 25.5 Å². The van der Waals surface area contributed by atoms with Gasteiger partial charge in [-0.3, -0.25) is 0 Å². The van der Waals surface area contributed by atoms with Gasteiger partial charge in [0.2, 0.25) is 0 Å². The molecule has 1 aromatic carbocycles. The van der Waals surface area contributed by atoms with Crippen molar-refractivity contribution in [3.8, 4) is 5.75 Å². The average molecular weight is 225 g/mol. The fourth-order valence-electron chi connectivity index (χ4n) is 2.17. The highest BCUT2D eigenvalue weighted by Gasteiger charge is 2.27. The van der Waals surface area contributed by atoms with Gasteiger partial charge in [-0.2, -0.15) is 0 Å². The molecule has 2 rings (SSSR count). The third-order valence-electron chi connectivity index (χ3n) is 2.96. The molecule has 4 heteroatoms. The zero-order chi connectivity index (χ0) is 11.5. The van der Waals surface area contributed by atoms with E-state index in [0.29, 0.717) is 5.56 Å². The van der Waals surface area contributed by atoms with Gasteiger partial charge in [-0.15, -0.1) is 0 Å². The molecule has 0 aromatic heterocycles. The fraction of sp³-hybridized carbons (Fsp3) is 0.500. The first-order valence-electron chi connectivity index (χ1n) is 5.48. The van der Waals surface area contributed by atoms with Crippen molar-refractivity contribution in [2.24, 2.45) is 0 Å². The quantitative estimate of drug-likeness (QED) is 0.803. The maximum Gasteiger partial charge on any atom is 0.165 e. The number of aliphatic hydroxyl groups excluding tert-OH is 1. The van der Waals surface area contributed by atoms with Crippen molar-refractivity contribution in [3.05, 3.63) is 29.6 Å². The van der Waals surface area contributed by atoms with Crippen molar-refractivity contribution in [2.45, 2.75) is 25.0 Å². The summed E-state index contributed by atoms with van der Waals surface area (Å²) in [6, 6.07) is 4.54. The smallest absolute Gasteiger partial charge is 0.165 e. The standard InChI is InChI=1S/C12H16FNO2/c1-16-12-8(4-2-5-9(12)13)11-10(15)6-3-7-14-11/h2,4-5,10-11,14-15H,3,6-7H2,1H3. The van der Waals surface area contributed by atoms with Crippen molar-refractivity contribution in [3.63, 3.8) is 0 Å². The van der Waals surface area contributed by atoms with Crippen LogP contribution in [0.2, 0.25) is 0 Å². The number of ether oxygens (including phenoxy) is 1. The van der Waals surface area contributed by atoms with Gasteiger partial charge in [0.1, 0.15) is 0 Å². The lowest BCUT2D eigenvalue weighted by Gasteiger charge is -2.30. The lowest BCUT2D eigenvalue weighted by atomic mass is 9.94. The van der Waals surface area contributed by atoms with E-state index in [0.717, 1.165) is 19.4 Å². The average Bonchev–Trinajstić information content (AvgIpc) is 2.29. The number of aliphatic hydroxyl groups is 1. The maximum absolute atomic E-state index is 13.5. The van der Waals surface area contributed by atoms with Gasteiger partial charge < -0.3 is 15.2 Å². The molecule has 3 nitrogen and oxygen atoms in total. The number of nitrogens with one attached hydrogen (secondary N) is 1. The lowest BCUT2D eigenvalue weighted by molar-refractivity contribution is 0.0950. The Morgan fingerprint density at radius 2 is 2.31 bits per heavy atom. The highest BCUT2D eigenvalue weighted by atomic mass is 19.1. The molecule has 2 unspecified atom stereocenters. The zero-order valence-corrected chi connectivity index (χ0v) is 9.24. The van der Waals surface area contributed by atoms with Gasteiger partial charge in [-0.25, -0.2) is 4.39 Å². The molecule has 0 saturated carbocycles. The van der Waals surface area contributed by atoms with Crippen LogP contribution in [0, 0.1) is 5.82 Å². The summed E-state index contributed by atoms with van der Waals surface area (Å²) >= 11 is 0. The Balaban J connectivity index is 2.34. The minimum absolute atomic E-state index is 0.223.